The summed E-state index contributed by atoms with van der Waals surface area (Å²) in [5, 5.41) is 10.8. The van der Waals surface area contributed by atoms with Crippen LogP contribution in [0.5, 0.6) is 0 Å². The molecule has 0 rings (SSSR count). The first-order valence-corrected chi connectivity index (χ1v) is 18.1. The molecule has 0 bridgehead atoms. The van der Waals surface area contributed by atoms with E-state index < -0.39 is 20.0 Å². The second-order valence-corrected chi connectivity index (χ2v) is 18.8. The lowest BCUT2D eigenvalue weighted by atomic mass is 10.0. The van der Waals surface area contributed by atoms with Gasteiger partial charge in [0.2, 0.25) is 8.32 Å². The summed E-state index contributed by atoms with van der Waals surface area (Å²) in [5.74, 6) is -0.423. The molecule has 1 N–H and O–H groups in total. The Balaban J connectivity index is 5.29. The maximum atomic E-state index is 12.1. The van der Waals surface area contributed by atoms with Crippen molar-refractivity contribution < 1.29 is 28.6 Å². The second-order valence-electron chi connectivity index (χ2n) is 13.4. The molecule has 0 spiro atoms. The molecule has 0 amide bonds. The second kappa shape index (κ2) is 19.9. The maximum absolute atomic E-state index is 12.1. The van der Waals surface area contributed by atoms with Crippen LogP contribution in [0.3, 0.4) is 0 Å². The van der Waals surface area contributed by atoms with Gasteiger partial charge in [0.25, 0.3) is 0 Å². The fourth-order valence-corrected chi connectivity index (χ4v) is 11.4. The highest BCUT2D eigenvalue weighted by Crippen LogP contribution is 2.43. The summed E-state index contributed by atoms with van der Waals surface area (Å²) in [6.07, 6.45) is 12.3. The van der Waals surface area contributed by atoms with Crippen LogP contribution in [0.4, 0.5) is 0 Å². The van der Waals surface area contributed by atoms with Crippen molar-refractivity contribution in [2.75, 3.05) is 0 Å². The summed E-state index contributed by atoms with van der Waals surface area (Å²) < 4.78 is 18.3. The van der Waals surface area contributed by atoms with Crippen molar-refractivity contribution >= 4 is 20.3 Å². The minimum atomic E-state index is -2.25. The number of hydrogen-bond acceptors (Lipinski definition) is 6. The van der Waals surface area contributed by atoms with Crippen molar-refractivity contribution in [3.8, 4) is 0 Å². The van der Waals surface area contributed by atoms with Gasteiger partial charge in [0, 0.05) is 13.3 Å². The molecule has 0 saturated heterocycles. The van der Waals surface area contributed by atoms with Crippen LogP contribution in [-0.4, -0.2) is 49.3 Å². The number of carbonyl (C=O) groups excluding carboxylic acids is 2. The zero-order valence-electron chi connectivity index (χ0n) is 27.9. The number of carbonyl (C=O) groups is 2. The van der Waals surface area contributed by atoms with E-state index in [0.717, 1.165) is 57.8 Å². The Bertz CT molecular complexity index is 703. The Hall–Kier alpha value is -1.18. The predicted molar refractivity (Wildman–Crippen MR) is 169 cm³/mol. The molecule has 3 atom stereocenters. The maximum Gasteiger partial charge on any atom is 0.306 e. The van der Waals surface area contributed by atoms with E-state index >= 15 is 0 Å². The van der Waals surface area contributed by atoms with Crippen molar-refractivity contribution in [1.82, 2.24) is 0 Å². The minimum Gasteiger partial charge on any atom is -0.460 e. The molecule has 236 valence electrons. The van der Waals surface area contributed by atoms with Gasteiger partial charge in [-0.2, -0.15) is 0 Å². The molecule has 0 saturated carbocycles. The number of hydrogen-bond donors (Lipinski definition) is 1. The summed E-state index contributed by atoms with van der Waals surface area (Å²) >= 11 is 0. The molecule has 6 nitrogen and oxygen atoms in total. The lowest BCUT2D eigenvalue weighted by Gasteiger charge is -2.45. The van der Waals surface area contributed by atoms with Crippen molar-refractivity contribution in [3.05, 3.63) is 12.2 Å². The van der Waals surface area contributed by atoms with E-state index in [4.69, 9.17) is 13.9 Å². The topological polar surface area (TPSA) is 82.1 Å². The fraction of sp³-hybridized carbons (Fsp3) is 0.879. The number of aliphatic hydroxyl groups is 1. The van der Waals surface area contributed by atoms with E-state index in [2.05, 4.69) is 48.5 Å². The van der Waals surface area contributed by atoms with Crippen molar-refractivity contribution in [1.29, 1.82) is 0 Å². The molecule has 0 aromatic heterocycles. The Morgan fingerprint density at radius 3 is 1.82 bits per heavy atom. The lowest BCUT2D eigenvalue weighted by Crippen LogP contribution is -2.52. The third kappa shape index (κ3) is 15.7. The van der Waals surface area contributed by atoms with Gasteiger partial charge < -0.3 is 19.0 Å². The largest absolute Gasteiger partial charge is 0.460 e. The van der Waals surface area contributed by atoms with Gasteiger partial charge in [0.05, 0.1) is 6.10 Å². The molecule has 0 aliphatic heterocycles. The lowest BCUT2D eigenvalue weighted by molar-refractivity contribution is -0.155. The molecular weight excluding hydrogens is 520 g/mol. The Kier molecular flexibility index (Phi) is 19.3. The molecule has 0 heterocycles. The Morgan fingerprint density at radius 2 is 1.32 bits per heavy atom. The van der Waals surface area contributed by atoms with Crippen LogP contribution in [0.15, 0.2) is 12.2 Å². The van der Waals surface area contributed by atoms with E-state index in [0.29, 0.717) is 29.5 Å². The molecular formula is C33H64O6Si. The summed E-state index contributed by atoms with van der Waals surface area (Å²) in [6, 6.07) is 0. The van der Waals surface area contributed by atoms with Crippen molar-refractivity contribution in [2.45, 2.75) is 187 Å². The Labute approximate surface area is 248 Å². The molecule has 0 fully saturated rings. The zero-order valence-corrected chi connectivity index (χ0v) is 28.9. The van der Waals surface area contributed by atoms with Crippen molar-refractivity contribution in [3.63, 3.8) is 0 Å². The van der Waals surface area contributed by atoms with Gasteiger partial charge in [-0.3, -0.25) is 9.59 Å². The number of unbranched alkanes of at least 4 members (excludes halogenated alkanes) is 6. The Morgan fingerprint density at radius 1 is 0.800 bits per heavy atom. The zero-order chi connectivity index (χ0) is 30.9. The van der Waals surface area contributed by atoms with Crippen LogP contribution in [0.2, 0.25) is 16.6 Å². The average molecular weight is 585 g/mol. The SMILES string of the molecule is CCCCC[C@H](OC(C)=O)[C@@H](C=C[C@@H](O)CCCCCCCC(=O)OC(C)(C)C)O[Si](C(C)C)(C(C)C)C(C)C. The summed E-state index contributed by atoms with van der Waals surface area (Å²) in [5.41, 5.74) is 0.771. The van der Waals surface area contributed by atoms with Crippen LogP contribution in [0, 0.1) is 0 Å². The molecule has 40 heavy (non-hydrogen) atoms. The van der Waals surface area contributed by atoms with E-state index in [-0.39, 0.29) is 24.1 Å². The summed E-state index contributed by atoms with van der Waals surface area (Å²) in [6.45, 7) is 22.8. The molecule has 0 aliphatic rings. The number of aliphatic hydroxyl groups excluding tert-OH is 1. The van der Waals surface area contributed by atoms with Gasteiger partial charge in [-0.05, 0) is 63.1 Å². The highest BCUT2D eigenvalue weighted by molar-refractivity contribution is 6.77. The van der Waals surface area contributed by atoms with Crippen LogP contribution in [0.25, 0.3) is 0 Å². The smallest absolute Gasteiger partial charge is 0.306 e. The molecule has 0 aromatic rings. The van der Waals surface area contributed by atoms with E-state index in [1.165, 1.54) is 6.92 Å². The van der Waals surface area contributed by atoms with Crippen LogP contribution in [-0.2, 0) is 23.5 Å². The molecule has 0 unspecified atom stereocenters. The van der Waals surface area contributed by atoms with Gasteiger partial charge in [-0.1, -0.05) is 99.1 Å². The van der Waals surface area contributed by atoms with Crippen LogP contribution >= 0.6 is 0 Å². The minimum absolute atomic E-state index is 0.133. The highest BCUT2D eigenvalue weighted by atomic mass is 28.4. The number of rotatable bonds is 21. The highest BCUT2D eigenvalue weighted by Gasteiger charge is 2.47. The first-order valence-electron chi connectivity index (χ1n) is 16.0. The first-order chi connectivity index (χ1) is 18.6. The van der Waals surface area contributed by atoms with Crippen LogP contribution < -0.4 is 0 Å². The summed E-state index contributed by atoms with van der Waals surface area (Å²) in [7, 11) is -2.25. The standard InChI is InChI=1S/C33H64O6Si/c1-12-13-17-21-30(37-28(8)34)31(39-40(25(2)3,26(4)5)27(6)7)24-23-29(35)20-18-15-14-16-19-22-32(36)38-33(9,10)11/h23-27,29-31,35H,12-22H2,1-11H3/t29-,30-,31+/m0/s1. The van der Waals surface area contributed by atoms with Gasteiger partial charge >= 0.3 is 11.9 Å². The molecule has 0 radical (unpaired) electrons. The average Bonchev–Trinajstić information content (AvgIpc) is 2.81. The fourth-order valence-electron chi connectivity index (χ4n) is 5.86. The van der Waals surface area contributed by atoms with Gasteiger partial charge in [0.1, 0.15) is 17.8 Å². The first kappa shape index (κ1) is 38.8. The van der Waals surface area contributed by atoms with Crippen LogP contribution in [0.1, 0.15) is 147 Å². The summed E-state index contributed by atoms with van der Waals surface area (Å²) in [4.78, 5) is 23.9. The van der Waals surface area contributed by atoms with Gasteiger partial charge in [-0.15, -0.1) is 0 Å². The normalized spacial score (nSPS) is 15.2. The third-order valence-electron chi connectivity index (χ3n) is 7.65. The van der Waals surface area contributed by atoms with Gasteiger partial charge in [0.15, 0.2) is 0 Å². The third-order valence-corrected chi connectivity index (χ3v) is 13.7. The number of ether oxygens (including phenoxy) is 2. The van der Waals surface area contributed by atoms with E-state index in [1.807, 2.05) is 32.9 Å². The molecule has 7 heteroatoms. The van der Waals surface area contributed by atoms with Crippen molar-refractivity contribution in [2.24, 2.45) is 0 Å². The molecule has 0 aliphatic carbocycles. The number of esters is 2. The molecule has 0 aromatic carbocycles. The quantitative estimate of drug-likeness (QED) is 0.0627. The predicted octanol–water partition coefficient (Wildman–Crippen LogP) is 9.05. The van der Waals surface area contributed by atoms with E-state index in [9.17, 15) is 14.7 Å². The van der Waals surface area contributed by atoms with Gasteiger partial charge in [-0.25, -0.2) is 0 Å². The van der Waals surface area contributed by atoms with E-state index in [1.54, 1.807) is 0 Å². The monoisotopic (exact) mass is 584 g/mol.